The van der Waals surface area contributed by atoms with Gasteiger partial charge in [-0.05, 0) is 97.3 Å². The van der Waals surface area contributed by atoms with E-state index in [9.17, 15) is 14.9 Å². The van der Waals surface area contributed by atoms with Crippen LogP contribution in [0.4, 0.5) is 14.5 Å². The number of likely N-dealkylation sites (N-methyl/N-ethyl adjacent to an activating group) is 1. The first-order valence-corrected chi connectivity index (χ1v) is 13.4. The van der Waals surface area contributed by atoms with E-state index < -0.39 is 67.3 Å². The van der Waals surface area contributed by atoms with Crippen molar-refractivity contribution >= 4 is 17.4 Å². The predicted octanol–water partition coefficient (Wildman–Crippen LogP) is 4.97. The number of hydrogen-bond donors (Lipinski definition) is 1. The van der Waals surface area contributed by atoms with E-state index in [0.29, 0.717) is 47.6 Å². The minimum absolute atomic E-state index is 0.0384. The molecule has 0 atom stereocenters. The summed E-state index contributed by atoms with van der Waals surface area (Å²) in [5.41, 5.74) is 1.42. The van der Waals surface area contributed by atoms with Crippen LogP contribution in [-0.4, -0.2) is 62.9 Å². The Hall–Kier alpha value is -3.62. The number of amides is 1. The van der Waals surface area contributed by atoms with Gasteiger partial charge in [-0.15, -0.1) is 0 Å². The van der Waals surface area contributed by atoms with Gasteiger partial charge in [0.15, 0.2) is 0 Å². The topological polar surface area (TPSA) is 57.2 Å². The van der Waals surface area contributed by atoms with Gasteiger partial charge in [-0.1, -0.05) is 12.1 Å². The van der Waals surface area contributed by atoms with Gasteiger partial charge in [-0.3, -0.25) is 9.79 Å². The van der Waals surface area contributed by atoms with Crippen molar-refractivity contribution in [3.05, 3.63) is 99.5 Å². The van der Waals surface area contributed by atoms with Crippen molar-refractivity contribution in [3.8, 4) is 0 Å². The standard InChI is InChI=1S/C33H36F2N4O2/c1-38-8-10-39(11-9-38)29-4-5-30(26(19-29)15-22-6-12-41-13-7-22)33(40)37-32-31-18-23(2-3-25(31)21-36-32)14-24-16-27(34)20-28(35)17-24/h2-5,16-20,22H,6-15,21H2,1H3,(H,36,37,40)/i4D,8D2,9D2,10D2,11D2,19D,20D. The molecule has 2 saturated heterocycles. The third-order valence-electron chi connectivity index (χ3n) is 7.25. The van der Waals surface area contributed by atoms with Gasteiger partial charge in [0.05, 0.1) is 16.1 Å². The Morgan fingerprint density at radius 3 is 2.59 bits per heavy atom. The maximum Gasteiger partial charge on any atom is 0.257 e. The smallest absolute Gasteiger partial charge is 0.257 e. The van der Waals surface area contributed by atoms with E-state index in [1.807, 2.05) is 0 Å². The lowest BCUT2D eigenvalue weighted by Gasteiger charge is -2.34. The predicted molar refractivity (Wildman–Crippen MR) is 157 cm³/mol. The number of fused-ring (bicyclic) bond motifs is 1. The number of rotatable bonds is 6. The lowest BCUT2D eigenvalue weighted by molar-refractivity contribution is 0.0664. The molecule has 8 heteroatoms. The molecule has 2 fully saturated rings. The molecule has 3 aliphatic rings. The summed E-state index contributed by atoms with van der Waals surface area (Å²) in [6, 6.07) is 6.33. The Bertz CT molecular complexity index is 1920. The number of piperazine rings is 1. The molecular weight excluding hydrogens is 522 g/mol. The number of anilines is 1. The number of carbonyl (C=O) groups is 1. The van der Waals surface area contributed by atoms with Gasteiger partial charge >= 0.3 is 0 Å². The maximum absolute atomic E-state index is 14.1. The first kappa shape index (κ1) is 17.4. The van der Waals surface area contributed by atoms with Crippen LogP contribution in [0.5, 0.6) is 0 Å². The van der Waals surface area contributed by atoms with E-state index in [2.05, 4.69) is 10.3 Å². The van der Waals surface area contributed by atoms with Gasteiger partial charge in [0.25, 0.3) is 5.91 Å². The second kappa shape index (κ2) is 12.1. The molecule has 3 aliphatic heterocycles. The van der Waals surface area contributed by atoms with Gasteiger partial charge in [0.1, 0.15) is 17.5 Å². The van der Waals surface area contributed by atoms with E-state index in [1.54, 1.807) is 18.2 Å². The zero-order valence-corrected chi connectivity index (χ0v) is 22.4. The molecule has 0 aromatic heterocycles. The number of carbonyl (C=O) groups excluding carboxylic acids is 1. The summed E-state index contributed by atoms with van der Waals surface area (Å²) >= 11 is 0. The van der Waals surface area contributed by atoms with E-state index in [0.717, 1.165) is 30.8 Å². The Morgan fingerprint density at radius 1 is 1.07 bits per heavy atom. The zero-order valence-electron chi connectivity index (χ0n) is 33.4. The number of amidine groups is 1. The van der Waals surface area contributed by atoms with Crippen molar-refractivity contribution in [2.75, 3.05) is 51.1 Å². The van der Waals surface area contributed by atoms with Crippen molar-refractivity contribution in [1.29, 1.82) is 0 Å². The molecule has 3 aromatic carbocycles. The molecule has 0 radical (unpaired) electrons. The zero-order chi connectivity index (χ0) is 38.1. The largest absolute Gasteiger partial charge is 0.381 e. The Balaban J connectivity index is 1.39. The molecule has 6 rings (SSSR count). The average Bonchev–Trinajstić information content (AvgIpc) is 3.47. The van der Waals surface area contributed by atoms with Crippen LogP contribution in [-0.2, 0) is 24.1 Å². The second-order valence-corrected chi connectivity index (χ2v) is 10.2. The summed E-state index contributed by atoms with van der Waals surface area (Å²) in [7, 11) is 0.919. The minimum Gasteiger partial charge on any atom is -0.381 e. The van der Waals surface area contributed by atoms with E-state index in [1.165, 1.54) is 0 Å². The molecule has 1 N–H and O–H groups in total. The molecule has 41 heavy (non-hydrogen) atoms. The monoisotopic (exact) mass is 569 g/mol. The highest BCUT2D eigenvalue weighted by Crippen LogP contribution is 2.28. The summed E-state index contributed by atoms with van der Waals surface area (Å²) in [4.78, 5) is 19.0. The highest BCUT2D eigenvalue weighted by molar-refractivity contribution is 6.14. The normalized spacial score (nSPS) is 26.7. The molecule has 214 valence electrons. The van der Waals surface area contributed by atoms with Crippen LogP contribution < -0.4 is 10.2 Å². The number of nitrogens with zero attached hydrogens (tertiary/aromatic N) is 3. The lowest BCUT2D eigenvalue weighted by atomic mass is 9.89. The molecule has 0 aliphatic carbocycles. The molecule has 0 unspecified atom stereocenters. The van der Waals surface area contributed by atoms with E-state index in [4.69, 9.17) is 18.4 Å². The second-order valence-electron chi connectivity index (χ2n) is 10.2. The molecular formula is C33H36F2N4O2. The van der Waals surface area contributed by atoms with Crippen LogP contribution in [0.1, 0.15) is 66.1 Å². The number of ether oxygens (including phenoxy) is 1. The first-order valence-electron chi connectivity index (χ1n) is 18.9. The summed E-state index contributed by atoms with van der Waals surface area (Å²) in [5, 5.41) is 2.75. The molecule has 3 aromatic rings. The van der Waals surface area contributed by atoms with E-state index in [-0.39, 0.29) is 47.2 Å². The summed E-state index contributed by atoms with van der Waals surface area (Å²) < 4.78 is 128. The van der Waals surface area contributed by atoms with Gasteiger partial charge in [-0.2, -0.15) is 0 Å². The highest BCUT2D eigenvalue weighted by Gasteiger charge is 2.24. The molecule has 6 nitrogen and oxygen atoms in total. The fraction of sp³-hybridized carbons (Fsp3) is 0.394. The number of benzene rings is 3. The molecule has 0 bridgehead atoms. The molecule has 0 saturated carbocycles. The fourth-order valence-electron chi connectivity index (χ4n) is 5.13. The molecule has 0 spiro atoms. The summed E-state index contributed by atoms with van der Waals surface area (Å²) in [6.45, 7) is -11.8. The van der Waals surface area contributed by atoms with Crippen LogP contribution in [0.25, 0.3) is 0 Å². The third-order valence-corrected chi connectivity index (χ3v) is 7.25. The van der Waals surface area contributed by atoms with Gasteiger partial charge in [0, 0.05) is 67.5 Å². The fourth-order valence-corrected chi connectivity index (χ4v) is 5.13. The van der Waals surface area contributed by atoms with Crippen LogP contribution in [0.15, 0.2) is 59.5 Å². The number of aliphatic imine (C=N–C) groups is 1. The molecule has 1 amide bonds. The minimum atomic E-state index is -3.29. The number of hydrogen-bond acceptors (Lipinski definition) is 5. The average molecular weight is 570 g/mol. The van der Waals surface area contributed by atoms with Crippen molar-refractivity contribution in [2.45, 2.75) is 32.2 Å². The summed E-state index contributed by atoms with van der Waals surface area (Å²) in [6.07, 6.45) is 1.31. The summed E-state index contributed by atoms with van der Waals surface area (Å²) in [5.74, 6) is -2.70. The van der Waals surface area contributed by atoms with Crippen molar-refractivity contribution < 1.29 is 33.4 Å². The van der Waals surface area contributed by atoms with Crippen LogP contribution in [0, 0.1) is 17.6 Å². The van der Waals surface area contributed by atoms with Crippen molar-refractivity contribution in [3.63, 3.8) is 0 Å². The highest BCUT2D eigenvalue weighted by atomic mass is 19.1. The maximum atomic E-state index is 14.1. The Kier molecular flexibility index (Phi) is 5.12. The van der Waals surface area contributed by atoms with Gasteiger partial charge in [0.2, 0.25) is 0 Å². The van der Waals surface area contributed by atoms with E-state index >= 15 is 0 Å². The molecule has 3 heterocycles. The Morgan fingerprint density at radius 2 is 1.83 bits per heavy atom. The van der Waals surface area contributed by atoms with Crippen LogP contribution in [0.2, 0.25) is 0 Å². The van der Waals surface area contributed by atoms with Crippen molar-refractivity contribution in [1.82, 2.24) is 10.2 Å². The SMILES string of the molecule is [2H]c1cc(C(=O)NC2=NCc3ccc(Cc4cc(F)c([2H])c(F)c4)cc32)c(CC2CCOCC2)c([2H])c1N1C([2H])([2H])C([2H])([2H])N(C)C([2H])([2H])C1([2H])[2H]. The lowest BCUT2D eigenvalue weighted by Crippen LogP contribution is -2.44. The van der Waals surface area contributed by atoms with Crippen LogP contribution in [0.3, 0.4) is 0 Å². The Labute approximate surface area is 255 Å². The van der Waals surface area contributed by atoms with Crippen molar-refractivity contribution in [2.24, 2.45) is 10.9 Å². The van der Waals surface area contributed by atoms with Crippen LogP contribution >= 0.6 is 0 Å². The quantitative estimate of drug-likeness (QED) is 0.456. The number of halogens is 2. The first-order chi connectivity index (χ1) is 24.2. The van der Waals surface area contributed by atoms with Gasteiger partial charge < -0.3 is 19.9 Å². The third kappa shape index (κ3) is 6.49. The van der Waals surface area contributed by atoms with Gasteiger partial charge in [-0.25, -0.2) is 8.78 Å². The number of nitrogens with one attached hydrogen (secondary N) is 1.